The second kappa shape index (κ2) is 30.2. The Hall–Kier alpha value is -0.790. The maximum atomic E-state index is 11.3. The Morgan fingerprint density at radius 3 is 1.03 bits per heavy atom. The first-order valence-electron chi connectivity index (χ1n) is 15.7. The molecule has 0 spiro atoms. The van der Waals surface area contributed by atoms with E-state index in [-0.39, 0.29) is 0 Å². The SMILES string of the molecule is CCCCCCCCC=CCCCCCCCCN(C=O)CCCCCCCCCCCCC. The van der Waals surface area contributed by atoms with Crippen molar-refractivity contribution in [3.8, 4) is 0 Å². The molecule has 0 saturated carbocycles. The molecule has 0 radical (unpaired) electrons. The van der Waals surface area contributed by atoms with Crippen LogP contribution in [0.2, 0.25) is 0 Å². The molecule has 0 aliphatic heterocycles. The molecule has 0 aromatic rings. The van der Waals surface area contributed by atoms with E-state index >= 15 is 0 Å². The summed E-state index contributed by atoms with van der Waals surface area (Å²) in [5.74, 6) is 0. The summed E-state index contributed by atoms with van der Waals surface area (Å²) < 4.78 is 0. The fraction of sp³-hybridized carbons (Fsp3) is 0.906. The average Bonchev–Trinajstić information content (AvgIpc) is 2.85. The van der Waals surface area contributed by atoms with Gasteiger partial charge in [-0.2, -0.15) is 0 Å². The predicted molar refractivity (Wildman–Crippen MR) is 154 cm³/mol. The largest absolute Gasteiger partial charge is 0.345 e. The zero-order valence-electron chi connectivity index (χ0n) is 23.7. The fourth-order valence-corrected chi connectivity index (χ4v) is 4.76. The molecule has 202 valence electrons. The molecular formula is C32H63NO. The van der Waals surface area contributed by atoms with E-state index in [1.54, 1.807) is 0 Å². The number of allylic oxidation sites excluding steroid dienone is 2. The van der Waals surface area contributed by atoms with Gasteiger partial charge in [-0.25, -0.2) is 0 Å². The number of carbonyl (C=O) groups is 1. The Labute approximate surface area is 215 Å². The minimum Gasteiger partial charge on any atom is -0.345 e. The quantitative estimate of drug-likeness (QED) is 0.0595. The van der Waals surface area contributed by atoms with Crippen LogP contribution in [0.25, 0.3) is 0 Å². The van der Waals surface area contributed by atoms with Gasteiger partial charge in [0.05, 0.1) is 0 Å². The minimum absolute atomic E-state index is 0.961. The van der Waals surface area contributed by atoms with E-state index in [0.29, 0.717) is 0 Å². The number of unbranched alkanes of at least 4 members (excludes halogenated alkanes) is 22. The van der Waals surface area contributed by atoms with Crippen LogP contribution in [0.15, 0.2) is 12.2 Å². The number of rotatable bonds is 29. The molecule has 1 amide bonds. The van der Waals surface area contributed by atoms with Gasteiger partial charge in [0.2, 0.25) is 6.41 Å². The highest BCUT2D eigenvalue weighted by molar-refractivity contribution is 5.46. The van der Waals surface area contributed by atoms with Crippen LogP contribution in [0.4, 0.5) is 0 Å². The van der Waals surface area contributed by atoms with Gasteiger partial charge in [0.15, 0.2) is 0 Å². The van der Waals surface area contributed by atoms with E-state index in [4.69, 9.17) is 0 Å². The summed E-state index contributed by atoms with van der Waals surface area (Å²) in [6, 6.07) is 0. The third-order valence-electron chi connectivity index (χ3n) is 7.16. The summed E-state index contributed by atoms with van der Waals surface area (Å²) in [7, 11) is 0. The fourth-order valence-electron chi connectivity index (χ4n) is 4.76. The molecule has 0 unspecified atom stereocenters. The zero-order valence-corrected chi connectivity index (χ0v) is 23.7. The molecule has 0 aliphatic carbocycles. The van der Waals surface area contributed by atoms with Crippen LogP contribution < -0.4 is 0 Å². The number of nitrogens with zero attached hydrogens (tertiary/aromatic N) is 1. The number of hydrogen-bond donors (Lipinski definition) is 0. The second-order valence-corrected chi connectivity index (χ2v) is 10.6. The van der Waals surface area contributed by atoms with Crippen molar-refractivity contribution in [2.75, 3.05) is 13.1 Å². The molecule has 0 N–H and O–H groups in total. The summed E-state index contributed by atoms with van der Waals surface area (Å²) in [5.41, 5.74) is 0. The van der Waals surface area contributed by atoms with Crippen LogP contribution in [0.5, 0.6) is 0 Å². The van der Waals surface area contributed by atoms with E-state index in [1.165, 1.54) is 161 Å². The summed E-state index contributed by atoms with van der Waals surface area (Å²) in [4.78, 5) is 13.3. The molecule has 2 heteroatoms. The molecule has 0 atom stereocenters. The Kier molecular flexibility index (Phi) is 29.5. The number of hydrogen-bond acceptors (Lipinski definition) is 1. The van der Waals surface area contributed by atoms with Gasteiger partial charge in [0, 0.05) is 13.1 Å². The molecule has 0 saturated heterocycles. The van der Waals surface area contributed by atoms with Crippen molar-refractivity contribution in [1.29, 1.82) is 0 Å². The zero-order chi connectivity index (χ0) is 24.8. The lowest BCUT2D eigenvalue weighted by Gasteiger charge is -2.17. The van der Waals surface area contributed by atoms with Crippen molar-refractivity contribution < 1.29 is 4.79 Å². The van der Waals surface area contributed by atoms with Crippen molar-refractivity contribution in [3.05, 3.63) is 12.2 Å². The highest BCUT2D eigenvalue weighted by atomic mass is 16.1. The van der Waals surface area contributed by atoms with E-state index in [9.17, 15) is 4.79 Å². The van der Waals surface area contributed by atoms with Crippen LogP contribution in [0, 0.1) is 0 Å². The minimum atomic E-state index is 0.961. The monoisotopic (exact) mass is 477 g/mol. The highest BCUT2D eigenvalue weighted by Gasteiger charge is 2.01. The topological polar surface area (TPSA) is 20.3 Å². The van der Waals surface area contributed by atoms with Gasteiger partial charge >= 0.3 is 0 Å². The molecular weight excluding hydrogens is 414 g/mol. The van der Waals surface area contributed by atoms with E-state index in [2.05, 4.69) is 26.0 Å². The van der Waals surface area contributed by atoms with Gasteiger partial charge in [0.1, 0.15) is 0 Å². The lowest BCUT2D eigenvalue weighted by Crippen LogP contribution is -2.24. The Balaban J connectivity index is 3.32. The van der Waals surface area contributed by atoms with E-state index < -0.39 is 0 Å². The molecule has 0 heterocycles. The molecule has 2 nitrogen and oxygen atoms in total. The molecule has 0 aromatic heterocycles. The number of carbonyl (C=O) groups excluding carboxylic acids is 1. The Morgan fingerprint density at radius 2 is 0.706 bits per heavy atom. The lowest BCUT2D eigenvalue weighted by molar-refractivity contribution is -0.118. The second-order valence-electron chi connectivity index (χ2n) is 10.6. The Morgan fingerprint density at radius 1 is 0.412 bits per heavy atom. The first-order chi connectivity index (χ1) is 16.8. The van der Waals surface area contributed by atoms with Gasteiger partial charge in [-0.15, -0.1) is 0 Å². The lowest BCUT2D eigenvalue weighted by atomic mass is 10.1. The van der Waals surface area contributed by atoms with Crippen LogP contribution in [0.1, 0.15) is 174 Å². The van der Waals surface area contributed by atoms with Gasteiger partial charge in [-0.1, -0.05) is 148 Å². The van der Waals surface area contributed by atoms with Crippen molar-refractivity contribution in [2.45, 2.75) is 174 Å². The summed E-state index contributed by atoms with van der Waals surface area (Å²) in [6.07, 6.45) is 39.7. The molecule has 0 rings (SSSR count). The predicted octanol–water partition coefficient (Wildman–Crippen LogP) is 10.8. The average molecular weight is 478 g/mol. The Bertz CT molecular complexity index is 406. The standard InChI is InChI=1S/C32H63NO/c1-3-5-7-9-11-13-15-16-17-18-19-21-23-25-27-29-31-33(32-34)30-28-26-24-22-20-14-12-10-8-6-4-2/h16-17,32H,3-15,18-31H2,1-2H3. The van der Waals surface area contributed by atoms with Crippen molar-refractivity contribution >= 4 is 6.41 Å². The van der Waals surface area contributed by atoms with Crippen molar-refractivity contribution in [3.63, 3.8) is 0 Å². The van der Waals surface area contributed by atoms with Crippen molar-refractivity contribution in [2.24, 2.45) is 0 Å². The molecule has 0 aliphatic rings. The summed E-state index contributed by atoms with van der Waals surface area (Å²) in [5, 5.41) is 0. The van der Waals surface area contributed by atoms with E-state index in [1.807, 2.05) is 4.90 Å². The third kappa shape index (κ3) is 27.5. The van der Waals surface area contributed by atoms with E-state index in [0.717, 1.165) is 19.5 Å². The molecule has 0 bridgehead atoms. The van der Waals surface area contributed by atoms with Crippen molar-refractivity contribution in [1.82, 2.24) is 4.90 Å². The normalized spacial score (nSPS) is 11.5. The maximum Gasteiger partial charge on any atom is 0.209 e. The number of amides is 1. The van der Waals surface area contributed by atoms with Gasteiger partial charge < -0.3 is 4.90 Å². The molecule has 0 aromatic carbocycles. The third-order valence-corrected chi connectivity index (χ3v) is 7.16. The summed E-state index contributed by atoms with van der Waals surface area (Å²) >= 11 is 0. The van der Waals surface area contributed by atoms with Gasteiger partial charge in [-0.05, 0) is 38.5 Å². The maximum absolute atomic E-state index is 11.3. The summed E-state index contributed by atoms with van der Waals surface area (Å²) in [6.45, 7) is 6.49. The van der Waals surface area contributed by atoms with Crippen LogP contribution in [0.3, 0.4) is 0 Å². The molecule has 0 fully saturated rings. The first kappa shape index (κ1) is 33.2. The van der Waals surface area contributed by atoms with Crippen LogP contribution in [-0.2, 0) is 4.79 Å². The van der Waals surface area contributed by atoms with Crippen LogP contribution >= 0.6 is 0 Å². The smallest absolute Gasteiger partial charge is 0.209 e. The molecule has 34 heavy (non-hydrogen) atoms. The highest BCUT2D eigenvalue weighted by Crippen LogP contribution is 2.12. The van der Waals surface area contributed by atoms with Crippen LogP contribution in [-0.4, -0.2) is 24.4 Å². The first-order valence-corrected chi connectivity index (χ1v) is 15.7. The van der Waals surface area contributed by atoms with Gasteiger partial charge in [0.25, 0.3) is 0 Å². The van der Waals surface area contributed by atoms with Gasteiger partial charge in [-0.3, -0.25) is 4.79 Å².